The van der Waals surface area contributed by atoms with Crippen molar-refractivity contribution in [2.24, 2.45) is 0 Å². The minimum atomic E-state index is 0.231. The first-order valence-electron chi connectivity index (χ1n) is 9.20. The van der Waals surface area contributed by atoms with Gasteiger partial charge in [-0.15, -0.1) is 0 Å². The molecule has 0 radical (unpaired) electrons. The van der Waals surface area contributed by atoms with Crippen LogP contribution in [0.1, 0.15) is 31.7 Å². The smallest absolute Gasteiger partial charge is 0.224 e. The lowest BCUT2D eigenvalue weighted by Crippen LogP contribution is -2.54. The van der Waals surface area contributed by atoms with Crippen molar-refractivity contribution in [1.82, 2.24) is 14.5 Å². The van der Waals surface area contributed by atoms with Crippen LogP contribution >= 0.6 is 0 Å². The Morgan fingerprint density at radius 3 is 2.80 bits per heavy atom. The molecule has 1 amide bonds. The van der Waals surface area contributed by atoms with E-state index in [4.69, 9.17) is 0 Å². The molecule has 3 rings (SSSR count). The van der Waals surface area contributed by atoms with E-state index in [1.165, 1.54) is 11.3 Å². The number of nitrogens with zero attached hydrogens (tertiary/aromatic N) is 4. The molecule has 0 bridgehead atoms. The van der Waals surface area contributed by atoms with Crippen molar-refractivity contribution in [1.29, 1.82) is 0 Å². The highest BCUT2D eigenvalue weighted by molar-refractivity contribution is 5.77. The molecular formula is C20H28N4O. The van der Waals surface area contributed by atoms with E-state index in [0.717, 1.165) is 31.9 Å². The lowest BCUT2D eigenvalue weighted by molar-refractivity contribution is -0.133. The van der Waals surface area contributed by atoms with Crippen molar-refractivity contribution >= 4 is 11.6 Å². The van der Waals surface area contributed by atoms with Crippen molar-refractivity contribution < 1.29 is 4.79 Å². The van der Waals surface area contributed by atoms with Crippen LogP contribution < -0.4 is 4.90 Å². The van der Waals surface area contributed by atoms with Crippen LogP contribution in [0.4, 0.5) is 5.69 Å². The number of anilines is 1. The number of carbonyl (C=O) groups excluding carboxylic acids is 1. The van der Waals surface area contributed by atoms with Crippen molar-refractivity contribution in [3.05, 3.63) is 48.0 Å². The first-order valence-corrected chi connectivity index (χ1v) is 9.20. The molecule has 5 nitrogen and oxygen atoms in total. The van der Waals surface area contributed by atoms with Crippen LogP contribution in [0.15, 0.2) is 36.7 Å². The van der Waals surface area contributed by atoms with Crippen LogP contribution in [0, 0.1) is 6.92 Å². The molecule has 1 atom stereocenters. The predicted molar refractivity (Wildman–Crippen MR) is 101 cm³/mol. The van der Waals surface area contributed by atoms with Gasteiger partial charge < -0.3 is 14.4 Å². The first kappa shape index (κ1) is 17.5. The van der Waals surface area contributed by atoms with Gasteiger partial charge in [0.2, 0.25) is 5.91 Å². The maximum Gasteiger partial charge on any atom is 0.224 e. The van der Waals surface area contributed by atoms with Gasteiger partial charge in [-0.05, 0) is 25.5 Å². The van der Waals surface area contributed by atoms with Crippen LogP contribution in [-0.2, 0) is 17.8 Å². The number of hydrogen-bond acceptors (Lipinski definition) is 3. The van der Waals surface area contributed by atoms with Gasteiger partial charge in [-0.25, -0.2) is 4.98 Å². The van der Waals surface area contributed by atoms with Gasteiger partial charge in [-0.2, -0.15) is 0 Å². The van der Waals surface area contributed by atoms with Crippen LogP contribution in [-0.4, -0.2) is 46.0 Å². The monoisotopic (exact) mass is 340 g/mol. The van der Waals surface area contributed by atoms with E-state index in [0.29, 0.717) is 13.0 Å². The molecule has 0 aliphatic carbocycles. The van der Waals surface area contributed by atoms with Gasteiger partial charge >= 0.3 is 0 Å². The SMILES string of the molecule is CCc1nccn1CCC(=O)N1CCN(c2ccccc2C)C[C@H]1C. The van der Waals surface area contributed by atoms with Gasteiger partial charge in [0.05, 0.1) is 0 Å². The number of benzene rings is 1. The molecule has 1 aromatic carbocycles. The number of aryl methyl sites for hydroxylation is 3. The van der Waals surface area contributed by atoms with Crippen LogP contribution in [0.25, 0.3) is 0 Å². The fourth-order valence-electron chi connectivity index (χ4n) is 3.68. The molecule has 1 aliphatic rings. The Labute approximate surface area is 150 Å². The number of hydrogen-bond donors (Lipinski definition) is 0. The Morgan fingerprint density at radius 2 is 2.08 bits per heavy atom. The number of aromatic nitrogens is 2. The number of amides is 1. The lowest BCUT2D eigenvalue weighted by atomic mass is 10.1. The highest BCUT2D eigenvalue weighted by Gasteiger charge is 2.27. The van der Waals surface area contributed by atoms with E-state index in [9.17, 15) is 4.79 Å². The molecule has 1 aromatic heterocycles. The average Bonchev–Trinajstić information content (AvgIpc) is 3.07. The highest BCUT2D eigenvalue weighted by atomic mass is 16.2. The number of rotatable bonds is 5. The molecule has 0 N–H and O–H groups in total. The molecule has 5 heteroatoms. The van der Waals surface area contributed by atoms with Crippen molar-refractivity contribution in [3.8, 4) is 0 Å². The number of piperazine rings is 1. The maximum absolute atomic E-state index is 12.7. The van der Waals surface area contributed by atoms with E-state index in [-0.39, 0.29) is 11.9 Å². The molecule has 1 aliphatic heterocycles. The molecule has 134 valence electrons. The fraction of sp³-hybridized carbons (Fsp3) is 0.500. The quantitative estimate of drug-likeness (QED) is 0.840. The summed E-state index contributed by atoms with van der Waals surface area (Å²) in [6.45, 7) is 9.68. The Hall–Kier alpha value is -2.30. The third-order valence-corrected chi connectivity index (χ3v) is 5.09. The van der Waals surface area contributed by atoms with Gasteiger partial charge in [-0.3, -0.25) is 4.79 Å². The standard InChI is InChI=1S/C20H28N4O/c1-4-19-21-10-12-22(19)11-9-20(25)24-14-13-23(15-17(24)3)18-8-6-5-7-16(18)2/h5-8,10,12,17H,4,9,11,13-15H2,1-3H3/t17-/m1/s1. The normalized spacial score (nSPS) is 17.8. The predicted octanol–water partition coefficient (Wildman–Crippen LogP) is 2.88. The number of para-hydroxylation sites is 1. The van der Waals surface area contributed by atoms with E-state index in [1.54, 1.807) is 0 Å². The summed E-state index contributed by atoms with van der Waals surface area (Å²) >= 11 is 0. The second-order valence-electron chi connectivity index (χ2n) is 6.81. The molecule has 2 aromatic rings. The summed E-state index contributed by atoms with van der Waals surface area (Å²) in [7, 11) is 0. The highest BCUT2D eigenvalue weighted by Crippen LogP contribution is 2.23. The molecule has 1 fully saturated rings. The molecule has 1 saturated heterocycles. The third-order valence-electron chi connectivity index (χ3n) is 5.09. The van der Waals surface area contributed by atoms with Gasteiger partial charge in [0, 0.05) is 63.1 Å². The maximum atomic E-state index is 12.7. The number of imidazole rings is 1. The Kier molecular flexibility index (Phi) is 5.41. The fourth-order valence-corrected chi connectivity index (χ4v) is 3.68. The molecule has 0 spiro atoms. The zero-order chi connectivity index (χ0) is 17.8. The number of carbonyl (C=O) groups is 1. The second kappa shape index (κ2) is 7.72. The summed E-state index contributed by atoms with van der Waals surface area (Å²) in [5.41, 5.74) is 2.58. The minimum absolute atomic E-state index is 0.231. The molecule has 0 unspecified atom stereocenters. The largest absolute Gasteiger partial charge is 0.367 e. The topological polar surface area (TPSA) is 41.4 Å². The third kappa shape index (κ3) is 3.86. The zero-order valence-electron chi connectivity index (χ0n) is 15.5. The molecule has 0 saturated carbocycles. The second-order valence-corrected chi connectivity index (χ2v) is 6.81. The van der Waals surface area contributed by atoms with Gasteiger partial charge in [0.25, 0.3) is 0 Å². The van der Waals surface area contributed by atoms with Crippen molar-refractivity contribution in [2.75, 3.05) is 24.5 Å². The molecule has 25 heavy (non-hydrogen) atoms. The van der Waals surface area contributed by atoms with Crippen molar-refractivity contribution in [2.45, 2.75) is 46.2 Å². The zero-order valence-corrected chi connectivity index (χ0v) is 15.5. The van der Waals surface area contributed by atoms with E-state index >= 15 is 0 Å². The summed E-state index contributed by atoms with van der Waals surface area (Å²) < 4.78 is 2.09. The Morgan fingerprint density at radius 1 is 1.28 bits per heavy atom. The van der Waals surface area contributed by atoms with Gasteiger partial charge in [0.1, 0.15) is 5.82 Å². The molecule has 2 heterocycles. The summed E-state index contributed by atoms with van der Waals surface area (Å²) in [5.74, 6) is 1.29. The summed E-state index contributed by atoms with van der Waals surface area (Å²) in [4.78, 5) is 21.4. The summed E-state index contributed by atoms with van der Waals surface area (Å²) in [5, 5.41) is 0. The Balaban J connectivity index is 1.58. The first-order chi connectivity index (χ1) is 12.1. The Bertz CT molecular complexity index is 724. The van der Waals surface area contributed by atoms with Crippen LogP contribution in [0.5, 0.6) is 0 Å². The van der Waals surface area contributed by atoms with E-state index < -0.39 is 0 Å². The van der Waals surface area contributed by atoms with Crippen LogP contribution in [0.2, 0.25) is 0 Å². The minimum Gasteiger partial charge on any atom is -0.367 e. The van der Waals surface area contributed by atoms with Gasteiger partial charge in [-0.1, -0.05) is 25.1 Å². The van der Waals surface area contributed by atoms with E-state index in [1.807, 2.05) is 17.3 Å². The van der Waals surface area contributed by atoms with Crippen molar-refractivity contribution in [3.63, 3.8) is 0 Å². The molecular weight excluding hydrogens is 312 g/mol. The summed E-state index contributed by atoms with van der Waals surface area (Å²) in [6.07, 6.45) is 5.21. The van der Waals surface area contributed by atoms with Crippen LogP contribution in [0.3, 0.4) is 0 Å². The summed E-state index contributed by atoms with van der Waals surface area (Å²) in [6, 6.07) is 8.71. The lowest BCUT2D eigenvalue weighted by Gasteiger charge is -2.41. The van der Waals surface area contributed by atoms with Gasteiger partial charge in [0.15, 0.2) is 0 Å². The van der Waals surface area contributed by atoms with E-state index in [2.05, 4.69) is 59.5 Å². The average molecular weight is 340 g/mol.